The van der Waals surface area contributed by atoms with Crippen molar-refractivity contribution in [3.05, 3.63) is 33.8 Å². The number of hydrogen-bond donors (Lipinski definition) is 1. The Morgan fingerprint density at radius 3 is 2.89 bits per heavy atom. The Kier molecular flexibility index (Phi) is 4.85. The molecule has 5 heteroatoms. The number of hydrogen-bond acceptors (Lipinski definition) is 3. The fraction of sp³-hybridized carbons (Fsp3) is 0.500. The Morgan fingerprint density at radius 2 is 2.21 bits per heavy atom. The summed E-state index contributed by atoms with van der Waals surface area (Å²) in [5, 5.41) is 10.7. The average Bonchev–Trinajstić information content (AvgIpc) is 2.36. The molecule has 1 aromatic rings. The van der Waals surface area contributed by atoms with Gasteiger partial charge in [0.05, 0.1) is 17.7 Å². The molecule has 1 aliphatic heterocycles. The summed E-state index contributed by atoms with van der Waals surface area (Å²) in [6.45, 7) is 3.65. The minimum Gasteiger partial charge on any atom is -0.392 e. The maximum atomic E-state index is 12.2. The van der Waals surface area contributed by atoms with Crippen molar-refractivity contribution in [3.63, 3.8) is 0 Å². The molecule has 1 heterocycles. The second-order valence-corrected chi connectivity index (χ2v) is 5.96. The number of piperidine rings is 1. The van der Waals surface area contributed by atoms with Crippen LogP contribution in [0.4, 0.5) is 0 Å². The van der Waals surface area contributed by atoms with Gasteiger partial charge in [0.15, 0.2) is 5.78 Å². The van der Waals surface area contributed by atoms with Crippen molar-refractivity contribution < 1.29 is 9.90 Å². The lowest BCUT2D eigenvalue weighted by Gasteiger charge is -2.33. The quantitative estimate of drug-likeness (QED) is 0.873. The molecule has 1 aliphatic rings. The van der Waals surface area contributed by atoms with Crippen molar-refractivity contribution in [2.75, 3.05) is 19.6 Å². The van der Waals surface area contributed by atoms with E-state index in [1.807, 2.05) is 11.8 Å². The van der Waals surface area contributed by atoms with Crippen LogP contribution in [0, 0.1) is 5.92 Å². The van der Waals surface area contributed by atoms with Gasteiger partial charge in [-0.1, -0.05) is 30.1 Å². The van der Waals surface area contributed by atoms with E-state index < -0.39 is 0 Å². The zero-order valence-corrected chi connectivity index (χ0v) is 12.3. The van der Waals surface area contributed by atoms with Crippen LogP contribution >= 0.6 is 23.2 Å². The first kappa shape index (κ1) is 14.8. The minimum atomic E-state index is -0.364. The lowest BCUT2D eigenvalue weighted by atomic mass is 9.95. The highest BCUT2D eigenvalue weighted by molar-refractivity contribution is 6.36. The van der Waals surface area contributed by atoms with Gasteiger partial charge in [0.25, 0.3) is 0 Å². The molecule has 0 saturated carbocycles. The SMILES string of the molecule is CC1CCN(CC(=O)c2cc(Cl)ccc2Cl)CC1O. The summed E-state index contributed by atoms with van der Waals surface area (Å²) in [5.41, 5.74) is 0.447. The first-order chi connectivity index (χ1) is 8.97. The summed E-state index contributed by atoms with van der Waals surface area (Å²) in [5.74, 6) is 0.232. The number of nitrogens with zero attached hydrogens (tertiary/aromatic N) is 1. The van der Waals surface area contributed by atoms with Gasteiger partial charge in [-0.25, -0.2) is 0 Å². The van der Waals surface area contributed by atoms with Gasteiger partial charge in [0.2, 0.25) is 0 Å². The van der Waals surface area contributed by atoms with E-state index in [9.17, 15) is 9.90 Å². The second kappa shape index (κ2) is 6.23. The number of aliphatic hydroxyl groups is 1. The number of β-amino-alcohol motifs (C(OH)–C–C–N with tert-alkyl or cyclic N) is 1. The Labute approximate surface area is 123 Å². The highest BCUT2D eigenvalue weighted by Crippen LogP contribution is 2.22. The average molecular weight is 302 g/mol. The van der Waals surface area contributed by atoms with Crippen LogP contribution in [0.15, 0.2) is 18.2 Å². The summed E-state index contributed by atoms with van der Waals surface area (Å²) >= 11 is 11.9. The molecule has 1 N–H and O–H groups in total. The monoisotopic (exact) mass is 301 g/mol. The molecule has 1 aromatic carbocycles. The third kappa shape index (κ3) is 3.69. The van der Waals surface area contributed by atoms with Crippen LogP contribution < -0.4 is 0 Å². The molecule has 0 amide bonds. The van der Waals surface area contributed by atoms with Gasteiger partial charge < -0.3 is 5.11 Å². The van der Waals surface area contributed by atoms with Crippen molar-refractivity contribution >= 4 is 29.0 Å². The normalized spacial score (nSPS) is 24.4. The van der Waals surface area contributed by atoms with Crippen LogP contribution in [0.1, 0.15) is 23.7 Å². The summed E-state index contributed by atoms with van der Waals surface area (Å²) in [6.07, 6.45) is 0.536. The van der Waals surface area contributed by atoms with Crippen LogP contribution in [-0.4, -0.2) is 41.5 Å². The summed E-state index contributed by atoms with van der Waals surface area (Å²) in [4.78, 5) is 14.2. The van der Waals surface area contributed by atoms with Gasteiger partial charge in [-0.3, -0.25) is 9.69 Å². The minimum absolute atomic E-state index is 0.0609. The molecule has 19 heavy (non-hydrogen) atoms. The number of rotatable bonds is 3. The fourth-order valence-corrected chi connectivity index (χ4v) is 2.65. The largest absolute Gasteiger partial charge is 0.392 e. The Balaban J connectivity index is 2.03. The zero-order chi connectivity index (χ0) is 14.0. The van der Waals surface area contributed by atoms with Gasteiger partial charge >= 0.3 is 0 Å². The molecule has 1 fully saturated rings. The van der Waals surface area contributed by atoms with E-state index in [1.165, 1.54) is 0 Å². The maximum absolute atomic E-state index is 12.2. The van der Waals surface area contributed by atoms with E-state index >= 15 is 0 Å². The van der Waals surface area contributed by atoms with E-state index in [-0.39, 0.29) is 18.4 Å². The number of Topliss-reactive ketones (excluding diaryl/α,β-unsaturated/α-hetero) is 1. The lowest BCUT2D eigenvalue weighted by Crippen LogP contribution is -2.44. The topological polar surface area (TPSA) is 40.5 Å². The molecule has 0 radical (unpaired) electrons. The number of benzene rings is 1. The Bertz CT molecular complexity index is 479. The number of aliphatic hydroxyl groups excluding tert-OH is 1. The zero-order valence-electron chi connectivity index (χ0n) is 10.8. The van der Waals surface area contributed by atoms with Crippen LogP contribution in [0.2, 0.25) is 10.0 Å². The number of likely N-dealkylation sites (tertiary alicyclic amines) is 1. The molecule has 2 unspecified atom stereocenters. The van der Waals surface area contributed by atoms with Crippen molar-refractivity contribution in [1.82, 2.24) is 4.90 Å². The molecule has 0 spiro atoms. The molecule has 0 aliphatic carbocycles. The van der Waals surface area contributed by atoms with Gasteiger partial charge in [0.1, 0.15) is 0 Å². The molecule has 2 atom stereocenters. The molecule has 0 bridgehead atoms. The smallest absolute Gasteiger partial charge is 0.178 e. The summed E-state index contributed by atoms with van der Waals surface area (Å²) in [7, 11) is 0. The van der Waals surface area contributed by atoms with E-state index in [4.69, 9.17) is 23.2 Å². The predicted octanol–water partition coefficient (Wildman–Crippen LogP) is 2.88. The lowest BCUT2D eigenvalue weighted by molar-refractivity contribution is 0.0295. The van der Waals surface area contributed by atoms with Gasteiger partial charge in [0, 0.05) is 17.1 Å². The number of carbonyl (C=O) groups is 1. The highest BCUT2D eigenvalue weighted by atomic mass is 35.5. The predicted molar refractivity (Wildman–Crippen MR) is 77.0 cm³/mol. The summed E-state index contributed by atoms with van der Waals surface area (Å²) in [6, 6.07) is 4.88. The molecular formula is C14H17Cl2NO2. The number of carbonyl (C=O) groups excluding carboxylic acids is 1. The van der Waals surface area contributed by atoms with Crippen molar-refractivity contribution in [2.45, 2.75) is 19.4 Å². The molecule has 104 valence electrons. The van der Waals surface area contributed by atoms with Gasteiger partial charge in [-0.15, -0.1) is 0 Å². The van der Waals surface area contributed by atoms with Crippen LogP contribution in [0.25, 0.3) is 0 Å². The van der Waals surface area contributed by atoms with Crippen molar-refractivity contribution in [2.24, 2.45) is 5.92 Å². The van der Waals surface area contributed by atoms with Crippen molar-refractivity contribution in [1.29, 1.82) is 0 Å². The highest BCUT2D eigenvalue weighted by Gasteiger charge is 2.26. The van der Waals surface area contributed by atoms with E-state index in [0.717, 1.165) is 13.0 Å². The van der Waals surface area contributed by atoms with Crippen LogP contribution in [0.5, 0.6) is 0 Å². The van der Waals surface area contributed by atoms with E-state index in [2.05, 4.69) is 0 Å². The molecule has 3 nitrogen and oxygen atoms in total. The van der Waals surface area contributed by atoms with Crippen LogP contribution in [0.3, 0.4) is 0 Å². The fourth-order valence-electron chi connectivity index (χ4n) is 2.26. The molecule has 1 saturated heterocycles. The standard InChI is InChI=1S/C14H17Cl2NO2/c1-9-4-5-17(7-13(9)18)8-14(19)11-6-10(15)2-3-12(11)16/h2-3,6,9,13,18H,4-5,7-8H2,1H3. The summed E-state index contributed by atoms with van der Waals surface area (Å²) < 4.78 is 0. The Morgan fingerprint density at radius 1 is 1.47 bits per heavy atom. The van der Waals surface area contributed by atoms with Crippen molar-refractivity contribution in [3.8, 4) is 0 Å². The van der Waals surface area contributed by atoms with Gasteiger partial charge in [-0.2, -0.15) is 0 Å². The molecule has 0 aromatic heterocycles. The van der Waals surface area contributed by atoms with E-state index in [0.29, 0.717) is 28.1 Å². The second-order valence-electron chi connectivity index (χ2n) is 5.12. The first-order valence-electron chi connectivity index (χ1n) is 6.36. The first-order valence-corrected chi connectivity index (χ1v) is 7.11. The molecule has 2 rings (SSSR count). The van der Waals surface area contributed by atoms with E-state index in [1.54, 1.807) is 18.2 Å². The molecular weight excluding hydrogens is 285 g/mol. The Hall–Kier alpha value is -0.610. The third-order valence-corrected chi connectivity index (χ3v) is 4.16. The van der Waals surface area contributed by atoms with Crippen LogP contribution in [-0.2, 0) is 0 Å². The maximum Gasteiger partial charge on any atom is 0.178 e. The number of halogens is 2. The van der Waals surface area contributed by atoms with Gasteiger partial charge in [-0.05, 0) is 37.1 Å². The third-order valence-electron chi connectivity index (χ3n) is 3.60. The number of ketones is 1.